The second-order valence-corrected chi connectivity index (χ2v) is 8.87. The first-order valence-corrected chi connectivity index (χ1v) is 11.4. The number of amides is 1. The third-order valence-corrected chi connectivity index (χ3v) is 6.40. The van der Waals surface area contributed by atoms with Crippen LogP contribution in [-0.4, -0.2) is 43.5 Å². The SMILES string of the molecule is CCCN1C(=O)/C(=C/c2cn(-c3ccccc3)nc2-c2ccc(OC)c([N+](=O)[O-])c2)SC1=S. The number of thioether (sulfide) groups is 1. The molecule has 3 aromatic rings. The molecular formula is C23H20N4O4S2. The van der Waals surface area contributed by atoms with Crippen LogP contribution in [0.1, 0.15) is 18.9 Å². The molecule has 0 N–H and O–H groups in total. The maximum absolute atomic E-state index is 12.9. The first-order chi connectivity index (χ1) is 15.9. The predicted molar refractivity (Wildman–Crippen MR) is 132 cm³/mol. The van der Waals surface area contributed by atoms with Gasteiger partial charge in [-0.25, -0.2) is 4.68 Å². The molecule has 2 aromatic carbocycles. The van der Waals surface area contributed by atoms with Crippen LogP contribution in [0.5, 0.6) is 5.75 Å². The van der Waals surface area contributed by atoms with Gasteiger partial charge in [0.2, 0.25) is 0 Å². The molecule has 0 aliphatic carbocycles. The number of benzene rings is 2. The molecule has 1 fully saturated rings. The van der Waals surface area contributed by atoms with E-state index < -0.39 is 4.92 Å². The van der Waals surface area contributed by atoms with E-state index in [-0.39, 0.29) is 17.3 Å². The summed E-state index contributed by atoms with van der Waals surface area (Å²) in [5, 5.41) is 16.2. The maximum Gasteiger partial charge on any atom is 0.311 e. The van der Waals surface area contributed by atoms with Crippen LogP contribution in [0.15, 0.2) is 59.6 Å². The number of carbonyl (C=O) groups excluding carboxylic acids is 1. The molecule has 0 radical (unpaired) electrons. The molecule has 1 aliphatic heterocycles. The Hall–Kier alpha value is -3.50. The lowest BCUT2D eigenvalue weighted by Gasteiger charge is -2.11. The van der Waals surface area contributed by atoms with Crippen molar-refractivity contribution in [3.05, 3.63) is 75.3 Å². The van der Waals surface area contributed by atoms with E-state index >= 15 is 0 Å². The van der Waals surface area contributed by atoms with Gasteiger partial charge >= 0.3 is 5.69 Å². The van der Waals surface area contributed by atoms with Gasteiger partial charge in [0.1, 0.15) is 10.0 Å². The highest BCUT2D eigenvalue weighted by molar-refractivity contribution is 8.26. The largest absolute Gasteiger partial charge is 0.490 e. The number of hydrogen-bond donors (Lipinski definition) is 0. The fourth-order valence-corrected chi connectivity index (χ4v) is 4.77. The molecule has 0 unspecified atom stereocenters. The Kier molecular flexibility index (Phi) is 6.57. The van der Waals surface area contributed by atoms with Gasteiger partial charge in [0.15, 0.2) is 5.75 Å². The third-order valence-electron chi connectivity index (χ3n) is 5.02. The summed E-state index contributed by atoms with van der Waals surface area (Å²) in [4.78, 5) is 26.0. The van der Waals surface area contributed by atoms with E-state index in [1.54, 1.807) is 34.0 Å². The number of rotatable bonds is 7. The second kappa shape index (κ2) is 9.55. The van der Waals surface area contributed by atoms with E-state index in [0.717, 1.165) is 12.1 Å². The van der Waals surface area contributed by atoms with Gasteiger partial charge in [-0.15, -0.1) is 0 Å². The van der Waals surface area contributed by atoms with Crippen LogP contribution in [0.4, 0.5) is 5.69 Å². The van der Waals surface area contributed by atoms with E-state index in [1.807, 2.05) is 37.3 Å². The molecule has 0 saturated carbocycles. The number of methoxy groups -OCH3 is 1. The molecule has 4 rings (SSSR count). The van der Waals surface area contributed by atoms with Crippen LogP contribution in [0.3, 0.4) is 0 Å². The Morgan fingerprint density at radius 3 is 2.67 bits per heavy atom. The van der Waals surface area contributed by atoms with Crippen molar-refractivity contribution >= 4 is 46.0 Å². The Labute approximate surface area is 200 Å². The second-order valence-electron chi connectivity index (χ2n) is 7.19. The van der Waals surface area contributed by atoms with Gasteiger partial charge in [0.25, 0.3) is 5.91 Å². The highest BCUT2D eigenvalue weighted by Crippen LogP contribution is 2.37. The summed E-state index contributed by atoms with van der Waals surface area (Å²) in [6.45, 7) is 2.55. The first-order valence-electron chi connectivity index (χ1n) is 10.2. The van der Waals surface area contributed by atoms with Crippen LogP contribution in [0.25, 0.3) is 23.0 Å². The molecular weight excluding hydrogens is 460 g/mol. The topological polar surface area (TPSA) is 90.5 Å². The average molecular weight is 481 g/mol. The standard InChI is InChI=1S/C23H20N4O4S2/c1-3-11-25-22(28)20(33-23(25)32)13-16-14-26(17-7-5-4-6-8-17)24-21(16)15-9-10-19(31-2)18(12-15)27(29)30/h4-10,12-14H,3,11H2,1-2H3/b20-13-. The minimum atomic E-state index is -0.494. The fraction of sp³-hybridized carbons (Fsp3) is 0.174. The molecule has 1 saturated heterocycles. The lowest BCUT2D eigenvalue weighted by Crippen LogP contribution is -2.28. The normalized spacial score (nSPS) is 14.8. The van der Waals surface area contributed by atoms with Gasteiger partial charge in [0.05, 0.1) is 22.6 Å². The number of para-hydroxylation sites is 1. The minimum Gasteiger partial charge on any atom is -0.490 e. The molecule has 10 heteroatoms. The zero-order chi connectivity index (χ0) is 23.5. The lowest BCUT2D eigenvalue weighted by atomic mass is 10.1. The van der Waals surface area contributed by atoms with Gasteiger partial charge in [-0.1, -0.05) is 49.1 Å². The summed E-state index contributed by atoms with van der Waals surface area (Å²) in [6, 6.07) is 14.2. The van der Waals surface area contributed by atoms with Gasteiger partial charge < -0.3 is 4.74 Å². The molecule has 1 aliphatic rings. The molecule has 168 valence electrons. The third kappa shape index (κ3) is 4.53. The van der Waals surface area contributed by atoms with Crippen LogP contribution in [0, 0.1) is 10.1 Å². The van der Waals surface area contributed by atoms with Crippen molar-refractivity contribution in [1.82, 2.24) is 14.7 Å². The molecule has 8 nitrogen and oxygen atoms in total. The highest BCUT2D eigenvalue weighted by Gasteiger charge is 2.31. The van der Waals surface area contributed by atoms with E-state index in [2.05, 4.69) is 5.10 Å². The number of carbonyl (C=O) groups is 1. The van der Waals surface area contributed by atoms with Crippen molar-refractivity contribution < 1.29 is 14.5 Å². The number of thiocarbonyl (C=S) groups is 1. The van der Waals surface area contributed by atoms with Gasteiger partial charge in [0, 0.05) is 29.9 Å². The van der Waals surface area contributed by atoms with E-state index in [1.165, 1.54) is 24.9 Å². The van der Waals surface area contributed by atoms with Crippen LogP contribution < -0.4 is 4.74 Å². The maximum atomic E-state index is 12.9. The number of ether oxygens (including phenoxy) is 1. The number of nitro benzene ring substituents is 1. The molecule has 0 spiro atoms. The van der Waals surface area contributed by atoms with Crippen molar-refractivity contribution in [3.63, 3.8) is 0 Å². The molecule has 0 bridgehead atoms. The van der Waals surface area contributed by atoms with Crippen molar-refractivity contribution in [3.8, 4) is 22.7 Å². The van der Waals surface area contributed by atoms with E-state index in [0.29, 0.717) is 32.6 Å². The highest BCUT2D eigenvalue weighted by atomic mass is 32.2. The fourth-order valence-electron chi connectivity index (χ4n) is 3.47. The van der Waals surface area contributed by atoms with Gasteiger partial charge in [-0.3, -0.25) is 19.8 Å². The minimum absolute atomic E-state index is 0.147. The first kappa shape index (κ1) is 22.7. The molecule has 0 atom stereocenters. The quantitative estimate of drug-likeness (QED) is 0.202. The molecule has 1 amide bonds. The molecule has 33 heavy (non-hydrogen) atoms. The zero-order valence-electron chi connectivity index (χ0n) is 17.9. The van der Waals surface area contributed by atoms with Crippen molar-refractivity contribution in [1.29, 1.82) is 0 Å². The summed E-state index contributed by atoms with van der Waals surface area (Å²) in [5.74, 6) is 0.0131. The summed E-state index contributed by atoms with van der Waals surface area (Å²) in [5.41, 5.74) is 2.34. The summed E-state index contributed by atoms with van der Waals surface area (Å²) in [6.07, 6.45) is 4.34. The van der Waals surface area contributed by atoms with Crippen LogP contribution in [-0.2, 0) is 4.79 Å². The van der Waals surface area contributed by atoms with Crippen LogP contribution in [0.2, 0.25) is 0 Å². The van der Waals surface area contributed by atoms with E-state index in [9.17, 15) is 14.9 Å². The Morgan fingerprint density at radius 2 is 2.00 bits per heavy atom. The van der Waals surface area contributed by atoms with Crippen molar-refractivity contribution in [2.45, 2.75) is 13.3 Å². The number of hydrogen-bond acceptors (Lipinski definition) is 7. The monoisotopic (exact) mass is 480 g/mol. The lowest BCUT2D eigenvalue weighted by molar-refractivity contribution is -0.385. The summed E-state index contributed by atoms with van der Waals surface area (Å²) in [7, 11) is 1.38. The summed E-state index contributed by atoms with van der Waals surface area (Å²) < 4.78 is 7.33. The Balaban J connectivity index is 1.85. The Morgan fingerprint density at radius 1 is 1.24 bits per heavy atom. The van der Waals surface area contributed by atoms with E-state index in [4.69, 9.17) is 17.0 Å². The Bertz CT molecular complexity index is 1270. The van der Waals surface area contributed by atoms with Crippen molar-refractivity contribution in [2.24, 2.45) is 0 Å². The van der Waals surface area contributed by atoms with Crippen molar-refractivity contribution in [2.75, 3.05) is 13.7 Å². The average Bonchev–Trinajstić information content (AvgIpc) is 3.36. The number of aromatic nitrogens is 2. The number of nitrogens with zero attached hydrogens (tertiary/aromatic N) is 4. The smallest absolute Gasteiger partial charge is 0.311 e. The van der Waals surface area contributed by atoms with Gasteiger partial charge in [-0.05, 0) is 36.8 Å². The molecule has 1 aromatic heterocycles. The zero-order valence-corrected chi connectivity index (χ0v) is 19.6. The number of nitro groups is 1. The molecule has 2 heterocycles. The summed E-state index contributed by atoms with van der Waals surface area (Å²) >= 11 is 6.62. The predicted octanol–water partition coefficient (Wildman–Crippen LogP) is 5.07. The van der Waals surface area contributed by atoms with Crippen LogP contribution >= 0.6 is 24.0 Å². The van der Waals surface area contributed by atoms with Gasteiger partial charge in [-0.2, -0.15) is 5.10 Å².